The van der Waals surface area contributed by atoms with Crippen molar-refractivity contribution in [3.8, 4) is 6.07 Å². The van der Waals surface area contributed by atoms with E-state index in [-0.39, 0.29) is 5.91 Å². The van der Waals surface area contributed by atoms with Crippen LogP contribution in [-0.2, 0) is 5.88 Å². The molecule has 0 spiro atoms. The molecule has 0 heterocycles. The lowest BCUT2D eigenvalue weighted by Crippen LogP contribution is -2.26. The number of anilines is 1. The van der Waals surface area contributed by atoms with Gasteiger partial charge >= 0.3 is 0 Å². The fraction of sp³-hybridized carbons (Fsp3) is 0.125. The van der Waals surface area contributed by atoms with Gasteiger partial charge in [0.1, 0.15) is 0 Å². The molecule has 0 aliphatic carbocycles. The molecule has 0 aliphatic heterocycles. The van der Waals surface area contributed by atoms with Gasteiger partial charge in [0.05, 0.1) is 11.6 Å². The van der Waals surface area contributed by atoms with Gasteiger partial charge in [-0.3, -0.25) is 4.79 Å². The van der Waals surface area contributed by atoms with Gasteiger partial charge in [0.25, 0.3) is 5.91 Å². The molecule has 100 valence electrons. The Morgan fingerprint density at radius 3 is 2.25 bits per heavy atom. The van der Waals surface area contributed by atoms with Crippen LogP contribution in [0, 0.1) is 11.3 Å². The molecule has 0 fully saturated rings. The van der Waals surface area contributed by atoms with Gasteiger partial charge < -0.3 is 4.90 Å². The summed E-state index contributed by atoms with van der Waals surface area (Å²) in [5, 5.41) is 8.76. The second-order valence-electron chi connectivity index (χ2n) is 4.35. The summed E-state index contributed by atoms with van der Waals surface area (Å²) in [6, 6.07) is 16.1. The predicted octanol–water partition coefficient (Wildman–Crippen LogP) is 3.57. The lowest BCUT2D eigenvalue weighted by atomic mass is 10.1. The summed E-state index contributed by atoms with van der Waals surface area (Å²) >= 11 is 5.72. The van der Waals surface area contributed by atoms with Crippen LogP contribution in [0.3, 0.4) is 0 Å². The smallest absolute Gasteiger partial charge is 0.258 e. The zero-order chi connectivity index (χ0) is 14.5. The summed E-state index contributed by atoms with van der Waals surface area (Å²) < 4.78 is 0. The van der Waals surface area contributed by atoms with Gasteiger partial charge in [-0.15, -0.1) is 11.6 Å². The molecule has 0 bridgehead atoms. The summed E-state index contributed by atoms with van der Waals surface area (Å²) in [5.74, 6) is 0.329. The van der Waals surface area contributed by atoms with Crippen LogP contribution >= 0.6 is 11.6 Å². The molecule has 2 rings (SSSR count). The maximum absolute atomic E-state index is 12.3. The van der Waals surface area contributed by atoms with E-state index in [4.69, 9.17) is 16.9 Å². The third-order valence-electron chi connectivity index (χ3n) is 3.04. The maximum atomic E-state index is 12.3. The van der Waals surface area contributed by atoms with E-state index >= 15 is 0 Å². The van der Waals surface area contributed by atoms with Crippen molar-refractivity contribution in [2.75, 3.05) is 11.9 Å². The Bertz CT molecular complexity index is 642. The summed E-state index contributed by atoms with van der Waals surface area (Å²) in [6.07, 6.45) is 0. The number of nitriles is 1. The van der Waals surface area contributed by atoms with Crippen LogP contribution in [-0.4, -0.2) is 13.0 Å². The minimum absolute atomic E-state index is 0.101. The Labute approximate surface area is 123 Å². The zero-order valence-corrected chi connectivity index (χ0v) is 11.8. The van der Waals surface area contributed by atoms with Crippen LogP contribution in [0.1, 0.15) is 21.5 Å². The first-order valence-corrected chi connectivity index (χ1v) is 6.62. The Morgan fingerprint density at radius 1 is 1.15 bits per heavy atom. The summed E-state index contributed by atoms with van der Waals surface area (Å²) in [5.41, 5.74) is 2.89. The Hall–Kier alpha value is -2.31. The molecule has 0 radical (unpaired) electrons. The normalized spacial score (nSPS) is 9.85. The van der Waals surface area contributed by atoms with E-state index in [1.165, 1.54) is 0 Å². The molecule has 3 nitrogen and oxygen atoms in total. The fourth-order valence-electron chi connectivity index (χ4n) is 1.81. The van der Waals surface area contributed by atoms with E-state index < -0.39 is 0 Å². The molecular formula is C16H13ClN2O. The average Bonchev–Trinajstić information content (AvgIpc) is 2.53. The van der Waals surface area contributed by atoms with Crippen LogP contribution in [0.2, 0.25) is 0 Å². The quantitative estimate of drug-likeness (QED) is 0.809. The van der Waals surface area contributed by atoms with Crippen molar-refractivity contribution in [1.29, 1.82) is 5.26 Å². The Kier molecular flexibility index (Phi) is 4.39. The zero-order valence-electron chi connectivity index (χ0n) is 11.0. The van der Waals surface area contributed by atoms with Crippen molar-refractivity contribution >= 4 is 23.2 Å². The highest BCUT2D eigenvalue weighted by atomic mass is 35.5. The maximum Gasteiger partial charge on any atom is 0.258 e. The highest BCUT2D eigenvalue weighted by Gasteiger charge is 2.13. The van der Waals surface area contributed by atoms with Gasteiger partial charge in [-0.25, -0.2) is 0 Å². The van der Waals surface area contributed by atoms with Gasteiger partial charge in [-0.05, 0) is 42.0 Å². The molecule has 0 saturated heterocycles. The van der Waals surface area contributed by atoms with Crippen molar-refractivity contribution in [2.24, 2.45) is 0 Å². The second-order valence-corrected chi connectivity index (χ2v) is 4.62. The number of hydrogen-bond acceptors (Lipinski definition) is 2. The monoisotopic (exact) mass is 284 g/mol. The Morgan fingerprint density at radius 2 is 1.75 bits per heavy atom. The van der Waals surface area contributed by atoms with Gasteiger partial charge in [-0.1, -0.05) is 12.1 Å². The minimum Gasteiger partial charge on any atom is -0.311 e. The number of halogens is 1. The van der Waals surface area contributed by atoms with E-state index in [9.17, 15) is 4.79 Å². The molecule has 4 heteroatoms. The van der Waals surface area contributed by atoms with Crippen LogP contribution in [0.4, 0.5) is 5.69 Å². The molecule has 0 N–H and O–H groups in total. The number of benzene rings is 2. The fourth-order valence-corrected chi connectivity index (χ4v) is 1.99. The molecule has 0 aliphatic rings. The van der Waals surface area contributed by atoms with Crippen LogP contribution in [0.5, 0.6) is 0 Å². The second kappa shape index (κ2) is 6.23. The van der Waals surface area contributed by atoms with Gasteiger partial charge in [0.2, 0.25) is 0 Å². The molecule has 20 heavy (non-hydrogen) atoms. The van der Waals surface area contributed by atoms with Crippen molar-refractivity contribution in [1.82, 2.24) is 0 Å². The molecule has 2 aromatic carbocycles. The third kappa shape index (κ3) is 2.98. The lowest BCUT2D eigenvalue weighted by molar-refractivity contribution is 0.0993. The number of alkyl halides is 1. The number of amides is 1. The third-order valence-corrected chi connectivity index (χ3v) is 3.35. The van der Waals surface area contributed by atoms with Crippen molar-refractivity contribution in [3.05, 3.63) is 65.2 Å². The van der Waals surface area contributed by atoms with E-state index in [2.05, 4.69) is 6.07 Å². The SMILES string of the molecule is CN(C(=O)c1ccc(CCl)cc1)c1ccc(C#N)cc1. The van der Waals surface area contributed by atoms with Crippen LogP contribution < -0.4 is 4.90 Å². The van der Waals surface area contributed by atoms with Crippen LogP contribution in [0.15, 0.2) is 48.5 Å². The van der Waals surface area contributed by atoms with Gasteiger partial charge in [0, 0.05) is 24.2 Å². The molecule has 1 amide bonds. The topological polar surface area (TPSA) is 44.1 Å². The van der Waals surface area contributed by atoms with E-state index in [1.807, 2.05) is 12.1 Å². The van der Waals surface area contributed by atoms with Crippen LogP contribution in [0.25, 0.3) is 0 Å². The summed E-state index contributed by atoms with van der Waals surface area (Å²) in [4.78, 5) is 13.9. The first kappa shape index (κ1) is 14.1. The van der Waals surface area contributed by atoms with Crippen molar-refractivity contribution in [2.45, 2.75) is 5.88 Å². The predicted molar refractivity (Wildman–Crippen MR) is 79.9 cm³/mol. The number of carbonyl (C=O) groups excluding carboxylic acids is 1. The molecule has 0 aromatic heterocycles. The van der Waals surface area contributed by atoms with Crippen molar-refractivity contribution < 1.29 is 4.79 Å². The number of rotatable bonds is 3. The first-order valence-electron chi connectivity index (χ1n) is 6.09. The summed E-state index contributed by atoms with van der Waals surface area (Å²) in [7, 11) is 1.71. The number of hydrogen-bond donors (Lipinski definition) is 0. The van der Waals surface area contributed by atoms with E-state index in [1.54, 1.807) is 48.3 Å². The van der Waals surface area contributed by atoms with Gasteiger partial charge in [0.15, 0.2) is 0 Å². The Balaban J connectivity index is 2.20. The molecular weight excluding hydrogens is 272 g/mol. The standard InChI is InChI=1S/C16H13ClN2O/c1-19(15-8-4-13(11-18)5-9-15)16(20)14-6-2-12(10-17)3-7-14/h2-9H,10H2,1H3. The van der Waals surface area contributed by atoms with Gasteiger partial charge in [-0.2, -0.15) is 5.26 Å². The molecule has 0 unspecified atom stereocenters. The van der Waals surface area contributed by atoms with Crippen molar-refractivity contribution in [3.63, 3.8) is 0 Å². The average molecular weight is 285 g/mol. The number of nitrogens with zero attached hydrogens (tertiary/aromatic N) is 2. The molecule has 0 atom stereocenters. The van der Waals surface area contributed by atoms with E-state index in [0.29, 0.717) is 17.0 Å². The highest BCUT2D eigenvalue weighted by molar-refractivity contribution is 6.17. The van der Waals surface area contributed by atoms with E-state index in [0.717, 1.165) is 11.3 Å². The number of carbonyl (C=O) groups is 1. The summed E-state index contributed by atoms with van der Waals surface area (Å²) in [6.45, 7) is 0. The molecule has 2 aromatic rings. The minimum atomic E-state index is -0.101. The highest BCUT2D eigenvalue weighted by Crippen LogP contribution is 2.17. The lowest BCUT2D eigenvalue weighted by Gasteiger charge is -2.17. The molecule has 0 saturated carbocycles. The largest absolute Gasteiger partial charge is 0.311 e. The first-order chi connectivity index (χ1) is 9.65.